The molecule has 1 aliphatic heterocycles. The molecule has 27 heavy (non-hydrogen) atoms. The molecule has 0 unspecified atom stereocenters. The van der Waals surface area contributed by atoms with Gasteiger partial charge in [0.15, 0.2) is 0 Å². The van der Waals surface area contributed by atoms with E-state index in [1.807, 2.05) is 18.2 Å². The molecule has 0 aromatic heterocycles. The van der Waals surface area contributed by atoms with Gasteiger partial charge in [-0.3, -0.25) is 4.79 Å². The first kappa shape index (κ1) is 19.6. The summed E-state index contributed by atoms with van der Waals surface area (Å²) in [5.74, 6) is 0.763. The van der Waals surface area contributed by atoms with E-state index in [2.05, 4.69) is 22.3 Å². The number of rotatable bonds is 5. The summed E-state index contributed by atoms with van der Waals surface area (Å²) < 4.78 is 5.20. The van der Waals surface area contributed by atoms with Crippen LogP contribution >= 0.6 is 23.2 Å². The van der Waals surface area contributed by atoms with Crippen LogP contribution in [-0.2, 0) is 4.79 Å². The maximum absolute atomic E-state index is 12.2. The summed E-state index contributed by atoms with van der Waals surface area (Å²) in [6.07, 6.45) is 5.11. The normalized spacial score (nSPS) is 15.1. The maximum Gasteiger partial charge on any atom is 0.244 e. The maximum atomic E-state index is 12.2. The molecule has 1 saturated heterocycles. The van der Waals surface area contributed by atoms with Crippen molar-refractivity contribution < 1.29 is 9.53 Å². The summed E-state index contributed by atoms with van der Waals surface area (Å²) >= 11 is 11.9. The molecule has 4 nitrogen and oxygen atoms in total. The second-order valence-electron chi connectivity index (χ2n) is 6.47. The Balaban J connectivity index is 1.48. The lowest BCUT2D eigenvalue weighted by Gasteiger charge is -2.33. The minimum Gasteiger partial charge on any atom is -0.497 e. The molecule has 142 valence electrons. The van der Waals surface area contributed by atoms with Crippen molar-refractivity contribution in [2.45, 2.75) is 18.9 Å². The van der Waals surface area contributed by atoms with Crippen LogP contribution in [-0.4, -0.2) is 32.1 Å². The fourth-order valence-corrected chi connectivity index (χ4v) is 3.42. The van der Waals surface area contributed by atoms with E-state index in [1.54, 1.807) is 25.3 Å². The summed E-state index contributed by atoms with van der Waals surface area (Å²) in [4.78, 5) is 14.5. The minimum absolute atomic E-state index is 0.0935. The molecule has 2 aromatic carbocycles. The lowest BCUT2D eigenvalue weighted by Crippen LogP contribution is -2.44. The molecule has 3 rings (SSSR count). The van der Waals surface area contributed by atoms with Gasteiger partial charge in [0.05, 0.1) is 17.2 Å². The van der Waals surface area contributed by atoms with E-state index in [4.69, 9.17) is 27.9 Å². The third-order valence-corrected chi connectivity index (χ3v) is 5.39. The van der Waals surface area contributed by atoms with Gasteiger partial charge in [-0.05, 0) is 60.9 Å². The lowest BCUT2D eigenvalue weighted by molar-refractivity contribution is -0.117. The summed E-state index contributed by atoms with van der Waals surface area (Å²) in [6.45, 7) is 1.82. The second-order valence-corrected chi connectivity index (χ2v) is 7.29. The van der Waals surface area contributed by atoms with Crippen LogP contribution in [0.5, 0.6) is 5.75 Å². The number of piperidine rings is 1. The fraction of sp³-hybridized carbons (Fsp3) is 0.286. The van der Waals surface area contributed by atoms with Gasteiger partial charge < -0.3 is 15.0 Å². The summed E-state index contributed by atoms with van der Waals surface area (Å²) in [7, 11) is 1.67. The zero-order valence-electron chi connectivity index (χ0n) is 15.1. The molecule has 0 radical (unpaired) electrons. The van der Waals surface area contributed by atoms with Crippen molar-refractivity contribution in [3.05, 3.63) is 64.1 Å². The number of ether oxygens (including phenoxy) is 1. The van der Waals surface area contributed by atoms with Crippen LogP contribution < -0.4 is 15.0 Å². The number of anilines is 1. The molecular formula is C21H22Cl2N2O2. The van der Waals surface area contributed by atoms with Gasteiger partial charge in [0.25, 0.3) is 0 Å². The molecule has 0 saturated carbocycles. The van der Waals surface area contributed by atoms with E-state index >= 15 is 0 Å². The van der Waals surface area contributed by atoms with Crippen molar-refractivity contribution in [2.75, 3.05) is 25.1 Å². The van der Waals surface area contributed by atoms with Crippen molar-refractivity contribution in [1.29, 1.82) is 0 Å². The number of amides is 1. The summed E-state index contributed by atoms with van der Waals surface area (Å²) in [5, 5.41) is 4.05. The van der Waals surface area contributed by atoms with Crippen molar-refractivity contribution in [1.82, 2.24) is 5.32 Å². The van der Waals surface area contributed by atoms with Gasteiger partial charge in [0.1, 0.15) is 5.75 Å². The van der Waals surface area contributed by atoms with Crippen molar-refractivity contribution in [3.8, 4) is 5.75 Å². The number of methoxy groups -OCH3 is 1. The Bertz CT molecular complexity index is 813. The average molecular weight is 405 g/mol. The molecule has 0 bridgehead atoms. The second kappa shape index (κ2) is 9.16. The van der Waals surface area contributed by atoms with E-state index in [1.165, 1.54) is 11.8 Å². The topological polar surface area (TPSA) is 41.6 Å². The Kier molecular flexibility index (Phi) is 6.64. The van der Waals surface area contributed by atoms with Gasteiger partial charge in [-0.2, -0.15) is 0 Å². The number of nitrogens with zero attached hydrogens (tertiary/aromatic N) is 1. The number of carbonyl (C=O) groups is 1. The van der Waals surface area contributed by atoms with E-state index < -0.39 is 0 Å². The Labute approximate surface area is 169 Å². The van der Waals surface area contributed by atoms with Gasteiger partial charge in [-0.1, -0.05) is 29.3 Å². The molecule has 1 heterocycles. The Morgan fingerprint density at radius 1 is 1.11 bits per heavy atom. The smallest absolute Gasteiger partial charge is 0.244 e. The highest BCUT2D eigenvalue weighted by atomic mass is 35.5. The number of nitrogens with one attached hydrogen (secondary N) is 1. The Morgan fingerprint density at radius 2 is 1.81 bits per heavy atom. The van der Waals surface area contributed by atoms with Crippen LogP contribution in [0.2, 0.25) is 10.0 Å². The predicted molar refractivity (Wildman–Crippen MR) is 112 cm³/mol. The molecule has 1 aliphatic rings. The number of benzene rings is 2. The molecule has 0 atom stereocenters. The molecule has 6 heteroatoms. The van der Waals surface area contributed by atoms with Gasteiger partial charge in [-0.15, -0.1) is 0 Å². The predicted octanol–water partition coefficient (Wildman–Crippen LogP) is 4.80. The van der Waals surface area contributed by atoms with Gasteiger partial charge in [-0.25, -0.2) is 0 Å². The molecule has 2 aromatic rings. The molecule has 1 fully saturated rings. The molecule has 0 spiro atoms. The van der Waals surface area contributed by atoms with Crippen LogP contribution in [0.3, 0.4) is 0 Å². The first-order valence-electron chi connectivity index (χ1n) is 8.88. The molecule has 1 N–H and O–H groups in total. The van der Waals surface area contributed by atoms with Crippen LogP contribution in [0, 0.1) is 0 Å². The van der Waals surface area contributed by atoms with E-state index in [0.717, 1.165) is 37.2 Å². The van der Waals surface area contributed by atoms with Gasteiger partial charge in [0, 0.05) is 30.9 Å². The molecule has 1 amide bonds. The Hall–Kier alpha value is -2.17. The Morgan fingerprint density at radius 3 is 2.44 bits per heavy atom. The summed E-state index contributed by atoms with van der Waals surface area (Å²) in [5.41, 5.74) is 2.02. The third kappa shape index (κ3) is 5.41. The van der Waals surface area contributed by atoms with E-state index in [0.29, 0.717) is 10.0 Å². The highest BCUT2D eigenvalue weighted by molar-refractivity contribution is 6.42. The fourth-order valence-electron chi connectivity index (χ4n) is 3.11. The quantitative estimate of drug-likeness (QED) is 0.727. The van der Waals surface area contributed by atoms with Gasteiger partial charge >= 0.3 is 0 Å². The largest absolute Gasteiger partial charge is 0.497 e. The van der Waals surface area contributed by atoms with Crippen LogP contribution in [0.4, 0.5) is 5.69 Å². The standard InChI is InChI=1S/C21H22Cl2N2O2/c1-27-18-6-4-17(5-7-18)25-12-10-16(11-13-25)24-21(26)9-3-15-2-8-19(22)20(23)14-15/h2-9,14,16H,10-13H2,1H3,(H,24,26)/b9-3+. The number of carbonyl (C=O) groups excluding carboxylic acids is 1. The SMILES string of the molecule is COc1ccc(N2CCC(NC(=O)/C=C/c3ccc(Cl)c(Cl)c3)CC2)cc1. The zero-order chi connectivity index (χ0) is 19.2. The average Bonchev–Trinajstić information content (AvgIpc) is 2.69. The van der Waals surface area contributed by atoms with Crippen molar-refractivity contribution >= 4 is 40.9 Å². The number of halogens is 2. The minimum atomic E-state index is -0.0935. The number of hydrogen-bond acceptors (Lipinski definition) is 3. The monoisotopic (exact) mass is 404 g/mol. The highest BCUT2D eigenvalue weighted by Gasteiger charge is 2.20. The zero-order valence-corrected chi connectivity index (χ0v) is 16.6. The molecule has 0 aliphatic carbocycles. The first-order chi connectivity index (χ1) is 13.0. The van der Waals surface area contributed by atoms with Crippen LogP contribution in [0.25, 0.3) is 6.08 Å². The van der Waals surface area contributed by atoms with Crippen molar-refractivity contribution in [2.24, 2.45) is 0 Å². The van der Waals surface area contributed by atoms with Crippen LogP contribution in [0.1, 0.15) is 18.4 Å². The summed E-state index contributed by atoms with van der Waals surface area (Å²) in [6, 6.07) is 13.5. The molecular weight excluding hydrogens is 383 g/mol. The third-order valence-electron chi connectivity index (χ3n) is 4.65. The number of hydrogen-bond donors (Lipinski definition) is 1. The van der Waals surface area contributed by atoms with Gasteiger partial charge in [0.2, 0.25) is 5.91 Å². The first-order valence-corrected chi connectivity index (χ1v) is 9.63. The van der Waals surface area contributed by atoms with Crippen LogP contribution in [0.15, 0.2) is 48.5 Å². The van der Waals surface area contributed by atoms with E-state index in [-0.39, 0.29) is 11.9 Å². The van der Waals surface area contributed by atoms with E-state index in [9.17, 15) is 4.79 Å². The van der Waals surface area contributed by atoms with Crippen molar-refractivity contribution in [3.63, 3.8) is 0 Å². The highest BCUT2D eigenvalue weighted by Crippen LogP contribution is 2.24. The lowest BCUT2D eigenvalue weighted by atomic mass is 10.0.